The van der Waals surface area contributed by atoms with Gasteiger partial charge in [-0.05, 0) is 50.1 Å². The predicted octanol–water partition coefficient (Wildman–Crippen LogP) is 2.57. The first-order valence-electron chi connectivity index (χ1n) is 6.96. The van der Waals surface area contributed by atoms with Crippen molar-refractivity contribution in [3.63, 3.8) is 0 Å². The van der Waals surface area contributed by atoms with Crippen molar-refractivity contribution in [2.75, 3.05) is 25.0 Å². The van der Waals surface area contributed by atoms with Crippen LogP contribution < -0.4 is 10.2 Å². The summed E-state index contributed by atoms with van der Waals surface area (Å²) >= 11 is 3.45. The number of benzene rings is 1. The van der Waals surface area contributed by atoms with Crippen molar-refractivity contribution in [3.05, 3.63) is 40.4 Å². The Labute approximate surface area is 130 Å². The summed E-state index contributed by atoms with van der Waals surface area (Å²) in [6.07, 6.45) is 0.533. The van der Waals surface area contributed by atoms with Gasteiger partial charge >= 0.3 is 0 Å². The zero-order valence-corrected chi connectivity index (χ0v) is 14.1. The van der Waals surface area contributed by atoms with Crippen molar-refractivity contribution in [1.29, 1.82) is 0 Å². The van der Waals surface area contributed by atoms with Gasteiger partial charge in [0.15, 0.2) is 0 Å². The Morgan fingerprint density at radius 1 is 1.45 bits per heavy atom. The highest BCUT2D eigenvalue weighted by Crippen LogP contribution is 2.19. The molecule has 3 nitrogen and oxygen atoms in total. The van der Waals surface area contributed by atoms with Gasteiger partial charge in [0.25, 0.3) is 0 Å². The van der Waals surface area contributed by atoms with Gasteiger partial charge < -0.3 is 10.2 Å². The highest BCUT2D eigenvalue weighted by atomic mass is 79.9. The summed E-state index contributed by atoms with van der Waals surface area (Å²) in [5.41, 5.74) is 3.13. The van der Waals surface area contributed by atoms with E-state index in [0.717, 1.165) is 40.9 Å². The van der Waals surface area contributed by atoms with Crippen LogP contribution in [-0.4, -0.2) is 25.5 Å². The van der Waals surface area contributed by atoms with Crippen LogP contribution in [0, 0.1) is 6.92 Å². The van der Waals surface area contributed by atoms with E-state index in [1.165, 1.54) is 4.90 Å². The molecule has 0 saturated carbocycles. The maximum absolute atomic E-state index is 12.0. The van der Waals surface area contributed by atoms with Gasteiger partial charge in [0.1, 0.15) is 0 Å². The molecular formula is C16H24BrN2O+. The molecule has 1 aromatic rings. The Bertz CT molecular complexity index is 485. The summed E-state index contributed by atoms with van der Waals surface area (Å²) in [6, 6.07) is 5.84. The smallest absolute Gasteiger partial charge is 0.230 e. The second-order valence-corrected chi connectivity index (χ2v) is 6.10. The molecule has 0 aliphatic rings. The topological polar surface area (TPSA) is 33.5 Å². The minimum atomic E-state index is 0.0689. The molecule has 2 N–H and O–H groups in total. The lowest BCUT2D eigenvalue weighted by molar-refractivity contribution is -0.892. The maximum Gasteiger partial charge on any atom is 0.230 e. The fourth-order valence-corrected chi connectivity index (χ4v) is 2.30. The first-order chi connectivity index (χ1) is 9.42. The molecule has 1 aromatic carbocycles. The third-order valence-electron chi connectivity index (χ3n) is 3.20. The summed E-state index contributed by atoms with van der Waals surface area (Å²) in [5, 5.41) is 2.95. The maximum atomic E-state index is 12.0. The minimum Gasteiger partial charge on any atom is -0.331 e. The quantitative estimate of drug-likeness (QED) is 0.735. The second-order valence-electron chi connectivity index (χ2n) is 5.25. The van der Waals surface area contributed by atoms with Crippen LogP contribution in [0.5, 0.6) is 0 Å². The fourth-order valence-electron chi connectivity index (χ4n) is 2.05. The van der Waals surface area contributed by atoms with Crippen molar-refractivity contribution in [2.45, 2.75) is 27.2 Å². The lowest BCUT2D eigenvalue weighted by atomic mass is 10.2. The van der Waals surface area contributed by atoms with Crippen molar-refractivity contribution in [2.24, 2.45) is 0 Å². The number of amides is 1. The van der Waals surface area contributed by atoms with Gasteiger partial charge in [0, 0.05) is 10.2 Å². The van der Waals surface area contributed by atoms with Crippen LogP contribution >= 0.6 is 15.9 Å². The molecule has 0 aliphatic heterocycles. The Balaban J connectivity index is 2.46. The first-order valence-corrected chi connectivity index (χ1v) is 7.75. The monoisotopic (exact) mass is 339 g/mol. The standard InChI is InChI=1S/C16H23BrN2O/c1-5-19(11-12(2)3)9-8-16(20)18-14-6-7-15(17)13(4)10-14/h6-7,10H,2,5,8-9,11H2,1,3-4H3,(H,18,20)/p+1. The predicted molar refractivity (Wildman–Crippen MR) is 88.2 cm³/mol. The molecule has 0 fully saturated rings. The average Bonchev–Trinajstić information content (AvgIpc) is 2.38. The van der Waals surface area contributed by atoms with Crippen LogP contribution in [0.4, 0.5) is 5.69 Å². The largest absolute Gasteiger partial charge is 0.331 e. The zero-order valence-electron chi connectivity index (χ0n) is 12.6. The Kier molecular flexibility index (Phi) is 6.96. The molecule has 1 rings (SSSR count). The second kappa shape index (κ2) is 8.22. The number of carbonyl (C=O) groups excluding carboxylic acids is 1. The SMILES string of the molecule is C=C(C)C[NH+](CC)CCC(=O)Nc1ccc(Br)c(C)c1. The van der Waals surface area contributed by atoms with Gasteiger partial charge in [-0.25, -0.2) is 0 Å². The van der Waals surface area contributed by atoms with Crippen LogP contribution in [0.25, 0.3) is 0 Å². The van der Waals surface area contributed by atoms with E-state index in [9.17, 15) is 4.79 Å². The van der Waals surface area contributed by atoms with Crippen molar-refractivity contribution < 1.29 is 9.69 Å². The fraction of sp³-hybridized carbons (Fsp3) is 0.438. The highest BCUT2D eigenvalue weighted by Gasteiger charge is 2.10. The van der Waals surface area contributed by atoms with Gasteiger partial charge in [0.05, 0.1) is 26.1 Å². The van der Waals surface area contributed by atoms with Crippen LogP contribution in [0.15, 0.2) is 34.8 Å². The number of hydrogen-bond acceptors (Lipinski definition) is 1. The normalized spacial score (nSPS) is 12.0. The van der Waals surface area contributed by atoms with Crippen molar-refractivity contribution >= 4 is 27.5 Å². The number of nitrogens with one attached hydrogen (secondary N) is 2. The summed E-state index contributed by atoms with van der Waals surface area (Å²) in [7, 11) is 0. The number of carbonyl (C=O) groups is 1. The molecule has 110 valence electrons. The number of anilines is 1. The number of likely N-dealkylation sites (N-methyl/N-ethyl adjacent to an activating group) is 1. The van der Waals surface area contributed by atoms with Crippen LogP contribution in [0.2, 0.25) is 0 Å². The summed E-state index contributed by atoms with van der Waals surface area (Å²) in [4.78, 5) is 13.3. The van der Waals surface area contributed by atoms with Gasteiger partial charge in [-0.15, -0.1) is 0 Å². The highest BCUT2D eigenvalue weighted by molar-refractivity contribution is 9.10. The number of halogens is 1. The number of rotatable bonds is 7. The molecule has 1 amide bonds. The molecule has 0 aromatic heterocycles. The number of hydrogen-bond donors (Lipinski definition) is 2. The summed E-state index contributed by atoms with van der Waals surface area (Å²) in [6.45, 7) is 12.9. The van der Waals surface area contributed by atoms with E-state index in [2.05, 4.69) is 34.7 Å². The van der Waals surface area contributed by atoms with E-state index in [-0.39, 0.29) is 5.91 Å². The molecule has 0 saturated heterocycles. The van der Waals surface area contributed by atoms with Crippen molar-refractivity contribution in [3.8, 4) is 0 Å². The van der Waals surface area contributed by atoms with Crippen LogP contribution in [-0.2, 0) is 4.79 Å². The molecule has 0 radical (unpaired) electrons. The molecule has 1 atom stereocenters. The van der Waals surface area contributed by atoms with E-state index >= 15 is 0 Å². The minimum absolute atomic E-state index is 0.0689. The summed E-state index contributed by atoms with van der Waals surface area (Å²) in [5.74, 6) is 0.0689. The Hall–Kier alpha value is -1.13. The van der Waals surface area contributed by atoms with Crippen molar-refractivity contribution in [1.82, 2.24) is 0 Å². The van der Waals surface area contributed by atoms with E-state index in [1.807, 2.05) is 32.0 Å². The molecule has 1 unspecified atom stereocenters. The van der Waals surface area contributed by atoms with E-state index in [4.69, 9.17) is 0 Å². The first kappa shape index (κ1) is 16.9. The van der Waals surface area contributed by atoms with Crippen LogP contribution in [0.1, 0.15) is 25.8 Å². The molecule has 0 spiro atoms. The molecule has 20 heavy (non-hydrogen) atoms. The molecule has 0 heterocycles. The lowest BCUT2D eigenvalue weighted by Gasteiger charge is -2.17. The Morgan fingerprint density at radius 3 is 2.70 bits per heavy atom. The van der Waals surface area contributed by atoms with Gasteiger partial charge in [-0.3, -0.25) is 4.79 Å². The molecule has 0 aliphatic carbocycles. The zero-order chi connectivity index (χ0) is 15.1. The van der Waals surface area contributed by atoms with Gasteiger partial charge in [-0.2, -0.15) is 0 Å². The van der Waals surface area contributed by atoms with Gasteiger partial charge in [-0.1, -0.05) is 22.5 Å². The number of aryl methyl sites for hydroxylation is 1. The van der Waals surface area contributed by atoms with Crippen LogP contribution in [0.3, 0.4) is 0 Å². The van der Waals surface area contributed by atoms with E-state index in [1.54, 1.807) is 0 Å². The molecular weight excluding hydrogens is 316 g/mol. The third-order valence-corrected chi connectivity index (χ3v) is 4.09. The van der Waals surface area contributed by atoms with E-state index < -0.39 is 0 Å². The number of quaternary nitrogens is 1. The lowest BCUT2D eigenvalue weighted by Crippen LogP contribution is -3.12. The average molecular weight is 340 g/mol. The molecule has 0 bridgehead atoms. The van der Waals surface area contributed by atoms with E-state index in [0.29, 0.717) is 6.42 Å². The third kappa shape index (κ3) is 5.88. The Morgan fingerprint density at radius 2 is 2.15 bits per heavy atom. The molecule has 4 heteroatoms. The summed E-state index contributed by atoms with van der Waals surface area (Å²) < 4.78 is 1.05. The van der Waals surface area contributed by atoms with Gasteiger partial charge in [0.2, 0.25) is 5.91 Å².